The third-order valence-corrected chi connectivity index (χ3v) is 8.83. The summed E-state index contributed by atoms with van der Waals surface area (Å²) in [7, 11) is -3.62. The monoisotopic (exact) mass is 468 g/mol. The Labute approximate surface area is 192 Å². The van der Waals surface area contributed by atoms with Crippen molar-refractivity contribution < 1.29 is 8.42 Å². The van der Waals surface area contributed by atoms with Gasteiger partial charge in [-0.25, -0.2) is 13.1 Å². The van der Waals surface area contributed by atoms with Crippen LogP contribution in [0, 0.1) is 0 Å². The molecular weight excluding hydrogens is 440 g/mol. The zero-order valence-electron chi connectivity index (χ0n) is 18.4. The third-order valence-electron chi connectivity index (χ3n) is 6.92. The Morgan fingerprint density at radius 1 is 0.788 bits per heavy atom. The molecule has 1 aliphatic heterocycles. The number of fused-ring (bicyclic) bond motifs is 1. The fourth-order valence-electron chi connectivity index (χ4n) is 5.05. The normalized spacial score (nSPS) is 19.2. The molecule has 8 nitrogen and oxygen atoms in total. The first-order chi connectivity index (χ1) is 15.9. The lowest BCUT2D eigenvalue weighted by molar-refractivity contribution is 0.111. The lowest BCUT2D eigenvalue weighted by atomic mass is 9.94. The van der Waals surface area contributed by atoms with Gasteiger partial charge in [0.15, 0.2) is 0 Å². The zero-order chi connectivity index (χ0) is 23.0. The van der Waals surface area contributed by atoms with E-state index in [1.807, 2.05) is 0 Å². The minimum Gasteiger partial charge on any atom is -0.298 e. The minimum atomic E-state index is -3.62. The molecule has 1 aromatic heterocycles. The fourth-order valence-corrected chi connectivity index (χ4v) is 6.48. The number of hydrogen-bond acceptors (Lipinski definition) is 5. The molecule has 1 saturated heterocycles. The van der Waals surface area contributed by atoms with Crippen LogP contribution in [0.2, 0.25) is 0 Å². The van der Waals surface area contributed by atoms with Crippen LogP contribution in [-0.2, 0) is 10.0 Å². The first-order valence-corrected chi connectivity index (χ1v) is 13.0. The third kappa shape index (κ3) is 4.16. The van der Waals surface area contributed by atoms with Crippen molar-refractivity contribution in [3.05, 3.63) is 69.2 Å². The molecule has 174 valence electrons. The van der Waals surface area contributed by atoms with Gasteiger partial charge in [0.1, 0.15) is 0 Å². The maximum Gasteiger partial charge on any atom is 0.277 e. The molecule has 2 heterocycles. The Hall–Kier alpha value is -2.75. The van der Waals surface area contributed by atoms with E-state index in [0.717, 1.165) is 17.8 Å². The number of nitrogens with zero attached hydrogens (tertiary/aromatic N) is 3. The summed E-state index contributed by atoms with van der Waals surface area (Å²) >= 11 is 0. The highest BCUT2D eigenvalue weighted by atomic mass is 32.2. The number of nitrogens with one attached hydrogen (secondary N) is 1. The molecule has 0 bridgehead atoms. The number of benzene rings is 2. The highest BCUT2D eigenvalue weighted by molar-refractivity contribution is 7.89. The summed E-state index contributed by atoms with van der Waals surface area (Å²) in [5, 5.41) is 3.21. The van der Waals surface area contributed by atoms with E-state index in [2.05, 4.69) is 10.00 Å². The molecule has 33 heavy (non-hydrogen) atoms. The van der Waals surface area contributed by atoms with Crippen LogP contribution < -0.4 is 11.1 Å². The maximum atomic E-state index is 13.2. The molecule has 0 radical (unpaired) electrons. The average molecular weight is 469 g/mol. The predicted molar refractivity (Wildman–Crippen MR) is 127 cm³/mol. The molecule has 5 rings (SSSR count). The molecule has 0 unspecified atom stereocenters. The standard InChI is InChI=1S/C24H28N4O4S/c29-23-21-8-4-5-9-22(21)24(30)28(25-23)19-10-12-20(13-11-19)33(31,32)27-16-14-26(15-17-27)18-6-2-1-3-7-18/h4-5,8-13,18H,1-3,6-7,14-17H2,(H,25,29). The number of aromatic nitrogens is 2. The molecule has 2 aliphatic rings. The van der Waals surface area contributed by atoms with Crippen LogP contribution in [-0.4, -0.2) is 59.6 Å². The summed E-state index contributed by atoms with van der Waals surface area (Å²) in [6, 6.07) is 13.3. The van der Waals surface area contributed by atoms with Gasteiger partial charge in [-0.15, -0.1) is 0 Å². The van der Waals surface area contributed by atoms with Crippen LogP contribution >= 0.6 is 0 Å². The number of piperazine rings is 1. The van der Waals surface area contributed by atoms with Gasteiger partial charge in [0.05, 0.1) is 21.4 Å². The van der Waals surface area contributed by atoms with Gasteiger partial charge >= 0.3 is 0 Å². The van der Waals surface area contributed by atoms with Gasteiger partial charge in [-0.3, -0.25) is 19.6 Å². The fraction of sp³-hybridized carbons (Fsp3) is 0.417. The van der Waals surface area contributed by atoms with Crippen molar-refractivity contribution in [2.45, 2.75) is 43.0 Å². The first-order valence-electron chi connectivity index (χ1n) is 11.5. The summed E-state index contributed by atoms with van der Waals surface area (Å²) in [6.07, 6.45) is 6.26. The lowest BCUT2D eigenvalue weighted by Crippen LogP contribution is -2.52. The highest BCUT2D eigenvalue weighted by Crippen LogP contribution is 2.25. The van der Waals surface area contributed by atoms with E-state index in [-0.39, 0.29) is 16.0 Å². The predicted octanol–water partition coefficient (Wildman–Crippen LogP) is 2.32. The summed E-state index contributed by atoms with van der Waals surface area (Å²) in [4.78, 5) is 27.8. The van der Waals surface area contributed by atoms with Gasteiger partial charge in [-0.2, -0.15) is 4.31 Å². The SMILES string of the molecule is O=c1[nH]n(-c2ccc(S(=O)(=O)N3CCN(C4CCCCC4)CC3)cc2)c(=O)c2ccccc12. The Bertz CT molecular complexity index is 1360. The van der Waals surface area contributed by atoms with Crippen molar-refractivity contribution in [2.24, 2.45) is 0 Å². The molecule has 2 fully saturated rings. The lowest BCUT2D eigenvalue weighted by Gasteiger charge is -2.40. The number of rotatable bonds is 4. The minimum absolute atomic E-state index is 0.188. The van der Waals surface area contributed by atoms with Gasteiger partial charge in [0, 0.05) is 32.2 Å². The number of H-pyrrole nitrogens is 1. The van der Waals surface area contributed by atoms with Crippen LogP contribution in [0.25, 0.3) is 16.5 Å². The molecular formula is C24H28N4O4S. The molecule has 0 amide bonds. The molecule has 9 heteroatoms. The topological polar surface area (TPSA) is 95.5 Å². The van der Waals surface area contributed by atoms with Crippen LogP contribution in [0.3, 0.4) is 0 Å². The molecule has 3 aromatic rings. The molecule has 1 N–H and O–H groups in total. The van der Waals surface area contributed by atoms with E-state index < -0.39 is 10.0 Å². The van der Waals surface area contributed by atoms with Gasteiger partial charge in [0.25, 0.3) is 11.1 Å². The van der Waals surface area contributed by atoms with Crippen LogP contribution in [0.1, 0.15) is 32.1 Å². The average Bonchev–Trinajstić information content (AvgIpc) is 2.87. The Kier molecular flexibility index (Phi) is 5.94. The van der Waals surface area contributed by atoms with Crippen LogP contribution in [0.5, 0.6) is 0 Å². The molecule has 0 spiro atoms. The summed E-state index contributed by atoms with van der Waals surface area (Å²) < 4.78 is 29.1. The second-order valence-corrected chi connectivity index (χ2v) is 10.8. The van der Waals surface area contributed by atoms with E-state index >= 15 is 0 Å². The van der Waals surface area contributed by atoms with Gasteiger partial charge < -0.3 is 0 Å². The van der Waals surface area contributed by atoms with Crippen LogP contribution in [0.15, 0.2) is 63.0 Å². The van der Waals surface area contributed by atoms with Crippen molar-refractivity contribution in [3.8, 4) is 5.69 Å². The Morgan fingerprint density at radius 3 is 2.09 bits per heavy atom. The maximum absolute atomic E-state index is 13.2. The van der Waals surface area contributed by atoms with Gasteiger partial charge in [-0.05, 0) is 49.2 Å². The van der Waals surface area contributed by atoms with Crippen molar-refractivity contribution in [3.63, 3.8) is 0 Å². The smallest absolute Gasteiger partial charge is 0.277 e. The quantitative estimate of drug-likeness (QED) is 0.634. The largest absolute Gasteiger partial charge is 0.298 e. The van der Waals surface area contributed by atoms with Gasteiger partial charge in [-0.1, -0.05) is 31.4 Å². The van der Waals surface area contributed by atoms with E-state index in [1.165, 1.54) is 44.2 Å². The summed E-state index contributed by atoms with van der Waals surface area (Å²) in [5.41, 5.74) is -0.332. The van der Waals surface area contributed by atoms with Crippen molar-refractivity contribution >= 4 is 20.8 Å². The molecule has 2 aromatic carbocycles. The van der Waals surface area contributed by atoms with E-state index in [0.29, 0.717) is 35.6 Å². The van der Waals surface area contributed by atoms with Crippen molar-refractivity contribution in [1.29, 1.82) is 0 Å². The number of hydrogen-bond donors (Lipinski definition) is 1. The number of sulfonamides is 1. The molecule has 1 aliphatic carbocycles. The van der Waals surface area contributed by atoms with Crippen LogP contribution in [0.4, 0.5) is 0 Å². The Morgan fingerprint density at radius 2 is 1.42 bits per heavy atom. The number of aromatic amines is 1. The van der Waals surface area contributed by atoms with E-state index in [1.54, 1.807) is 40.7 Å². The van der Waals surface area contributed by atoms with E-state index in [9.17, 15) is 18.0 Å². The van der Waals surface area contributed by atoms with Crippen molar-refractivity contribution in [1.82, 2.24) is 19.0 Å². The first kappa shape index (κ1) is 22.1. The van der Waals surface area contributed by atoms with E-state index in [4.69, 9.17) is 0 Å². The summed E-state index contributed by atoms with van der Waals surface area (Å²) in [6.45, 7) is 2.49. The highest BCUT2D eigenvalue weighted by Gasteiger charge is 2.31. The molecule has 1 saturated carbocycles. The second-order valence-electron chi connectivity index (χ2n) is 8.85. The Balaban J connectivity index is 1.35. The second kappa shape index (κ2) is 8.89. The summed E-state index contributed by atoms with van der Waals surface area (Å²) in [5.74, 6) is 0. The molecule has 0 atom stereocenters. The van der Waals surface area contributed by atoms with Gasteiger partial charge in [0.2, 0.25) is 10.0 Å². The zero-order valence-corrected chi connectivity index (χ0v) is 19.3. The van der Waals surface area contributed by atoms with Crippen molar-refractivity contribution in [2.75, 3.05) is 26.2 Å².